The van der Waals surface area contributed by atoms with Crippen molar-refractivity contribution in [3.05, 3.63) is 70.0 Å². The third-order valence-electron chi connectivity index (χ3n) is 4.41. The standard InChI is InChI=1S/C19H17N5O5/c1-2-28-18(26)15-13(20-19(27)21-16(15)14-8-5-9-29-14)10-24-17(25)11-6-3-4-7-12(11)22-23-24/h3-9,16H,2,10H2,1H3,(H2,20,21,27)/t16-/m0/s1. The van der Waals surface area contributed by atoms with Gasteiger partial charge in [-0.05, 0) is 31.2 Å². The smallest absolute Gasteiger partial charge is 0.338 e. The molecule has 1 aliphatic rings. The van der Waals surface area contributed by atoms with Crippen molar-refractivity contribution in [2.24, 2.45) is 0 Å². The third kappa shape index (κ3) is 3.47. The molecule has 1 atom stereocenters. The lowest BCUT2D eigenvalue weighted by Gasteiger charge is -2.27. The molecule has 0 radical (unpaired) electrons. The number of benzene rings is 1. The van der Waals surface area contributed by atoms with Gasteiger partial charge in [0.25, 0.3) is 5.56 Å². The molecule has 1 aromatic carbocycles. The first-order chi connectivity index (χ1) is 14.1. The molecule has 2 amide bonds. The lowest BCUT2D eigenvalue weighted by molar-refractivity contribution is -0.139. The van der Waals surface area contributed by atoms with Crippen LogP contribution in [-0.4, -0.2) is 33.6 Å². The van der Waals surface area contributed by atoms with E-state index in [0.717, 1.165) is 4.68 Å². The van der Waals surface area contributed by atoms with E-state index < -0.39 is 23.6 Å². The summed E-state index contributed by atoms with van der Waals surface area (Å²) in [6.45, 7) is 1.65. The highest BCUT2D eigenvalue weighted by Crippen LogP contribution is 2.28. The average molecular weight is 395 g/mol. The SMILES string of the molecule is CCOC(=O)C1=C(Cn2nnc3ccccc3c2=O)NC(=O)N[C@H]1c1ccco1. The molecular formula is C19H17N5O5. The molecule has 3 heterocycles. The van der Waals surface area contributed by atoms with Crippen molar-refractivity contribution < 1.29 is 18.7 Å². The van der Waals surface area contributed by atoms with Gasteiger partial charge in [-0.1, -0.05) is 17.3 Å². The number of nitrogens with zero attached hydrogens (tertiary/aromatic N) is 3. The zero-order valence-electron chi connectivity index (χ0n) is 15.4. The van der Waals surface area contributed by atoms with Crippen LogP contribution in [0.1, 0.15) is 18.7 Å². The number of hydrogen-bond acceptors (Lipinski definition) is 7. The second kappa shape index (κ2) is 7.58. The number of rotatable bonds is 5. The lowest BCUT2D eigenvalue weighted by Crippen LogP contribution is -2.47. The summed E-state index contributed by atoms with van der Waals surface area (Å²) in [7, 11) is 0. The number of hydrogen-bond donors (Lipinski definition) is 2. The largest absolute Gasteiger partial charge is 0.467 e. The lowest BCUT2D eigenvalue weighted by atomic mass is 10.00. The molecule has 0 bridgehead atoms. The van der Waals surface area contributed by atoms with Crippen molar-refractivity contribution in [1.82, 2.24) is 25.6 Å². The molecule has 0 aliphatic carbocycles. The minimum atomic E-state index is -0.864. The summed E-state index contributed by atoms with van der Waals surface area (Å²) in [5, 5.41) is 13.6. The van der Waals surface area contributed by atoms with Gasteiger partial charge in [0.1, 0.15) is 17.3 Å². The van der Waals surface area contributed by atoms with Crippen molar-refractivity contribution in [1.29, 1.82) is 0 Å². The van der Waals surface area contributed by atoms with Gasteiger partial charge in [0.15, 0.2) is 0 Å². The average Bonchev–Trinajstić information content (AvgIpc) is 3.25. The monoisotopic (exact) mass is 395 g/mol. The zero-order chi connectivity index (χ0) is 20.4. The molecule has 4 rings (SSSR count). The maximum atomic E-state index is 12.8. The van der Waals surface area contributed by atoms with E-state index in [1.807, 2.05) is 0 Å². The molecule has 0 saturated carbocycles. The van der Waals surface area contributed by atoms with Crippen LogP contribution in [0.4, 0.5) is 4.79 Å². The molecule has 148 valence electrons. The van der Waals surface area contributed by atoms with Crippen molar-refractivity contribution in [3.8, 4) is 0 Å². The van der Waals surface area contributed by atoms with Crippen LogP contribution in [0.3, 0.4) is 0 Å². The Morgan fingerprint density at radius 2 is 2.07 bits per heavy atom. The topological polar surface area (TPSA) is 128 Å². The van der Waals surface area contributed by atoms with Crippen molar-refractivity contribution in [2.45, 2.75) is 19.5 Å². The molecular weight excluding hydrogens is 378 g/mol. The zero-order valence-corrected chi connectivity index (χ0v) is 15.4. The van der Waals surface area contributed by atoms with E-state index in [2.05, 4.69) is 20.9 Å². The van der Waals surface area contributed by atoms with E-state index in [0.29, 0.717) is 16.7 Å². The van der Waals surface area contributed by atoms with E-state index in [9.17, 15) is 14.4 Å². The van der Waals surface area contributed by atoms with E-state index in [1.54, 1.807) is 43.3 Å². The van der Waals surface area contributed by atoms with Gasteiger partial charge in [0.05, 0.1) is 36.1 Å². The number of urea groups is 1. The van der Waals surface area contributed by atoms with Crippen molar-refractivity contribution in [2.75, 3.05) is 6.61 Å². The Kier molecular flexibility index (Phi) is 4.82. The first-order valence-electron chi connectivity index (χ1n) is 8.92. The molecule has 0 fully saturated rings. The van der Waals surface area contributed by atoms with Gasteiger partial charge in [-0.2, -0.15) is 0 Å². The fraction of sp³-hybridized carbons (Fsp3) is 0.211. The molecule has 10 nitrogen and oxygen atoms in total. The Morgan fingerprint density at radius 3 is 2.83 bits per heavy atom. The van der Waals surface area contributed by atoms with Gasteiger partial charge < -0.3 is 19.8 Å². The number of esters is 1. The molecule has 2 N–H and O–H groups in total. The second-order valence-electron chi connectivity index (χ2n) is 6.23. The van der Waals surface area contributed by atoms with Crippen LogP contribution in [-0.2, 0) is 16.1 Å². The van der Waals surface area contributed by atoms with Crippen LogP contribution in [0.15, 0.2) is 63.1 Å². The summed E-state index contributed by atoms with van der Waals surface area (Å²) in [5.74, 6) is -0.282. The summed E-state index contributed by atoms with van der Waals surface area (Å²) >= 11 is 0. The highest BCUT2D eigenvalue weighted by atomic mass is 16.5. The number of carbonyl (C=O) groups excluding carboxylic acids is 2. The number of fused-ring (bicyclic) bond motifs is 1. The van der Waals surface area contributed by atoms with Crippen molar-refractivity contribution in [3.63, 3.8) is 0 Å². The van der Waals surface area contributed by atoms with Gasteiger partial charge in [-0.3, -0.25) is 4.79 Å². The summed E-state index contributed by atoms with van der Waals surface area (Å²) in [5.41, 5.74) is 0.369. The molecule has 1 aliphatic heterocycles. The van der Waals surface area contributed by atoms with Gasteiger partial charge in [-0.15, -0.1) is 5.10 Å². The van der Waals surface area contributed by atoms with Gasteiger partial charge >= 0.3 is 12.0 Å². The predicted octanol–water partition coefficient (Wildman–Crippen LogP) is 1.26. The number of carbonyl (C=O) groups is 2. The normalized spacial score (nSPS) is 16.4. The molecule has 2 aromatic heterocycles. The minimum Gasteiger partial charge on any atom is -0.467 e. The first-order valence-corrected chi connectivity index (χ1v) is 8.92. The van der Waals surface area contributed by atoms with E-state index in [4.69, 9.17) is 9.15 Å². The van der Waals surface area contributed by atoms with Crippen molar-refractivity contribution >= 4 is 22.9 Å². The molecule has 3 aromatic rings. The van der Waals surface area contributed by atoms with E-state index >= 15 is 0 Å². The van der Waals surface area contributed by atoms with Crippen LogP contribution in [0.5, 0.6) is 0 Å². The number of amides is 2. The van der Waals surface area contributed by atoms with Crippen LogP contribution in [0, 0.1) is 0 Å². The number of nitrogens with one attached hydrogen (secondary N) is 2. The van der Waals surface area contributed by atoms with Gasteiger partial charge in [-0.25, -0.2) is 14.3 Å². The Hall–Kier alpha value is -3.95. The summed E-state index contributed by atoms with van der Waals surface area (Å²) in [4.78, 5) is 37.7. The maximum absolute atomic E-state index is 12.8. The number of aromatic nitrogens is 3. The highest BCUT2D eigenvalue weighted by Gasteiger charge is 2.35. The number of allylic oxidation sites excluding steroid dienone is 1. The van der Waals surface area contributed by atoms with Gasteiger partial charge in [0.2, 0.25) is 0 Å². The molecule has 0 spiro atoms. The van der Waals surface area contributed by atoms with Crippen LogP contribution in [0.2, 0.25) is 0 Å². The predicted molar refractivity (Wildman–Crippen MR) is 101 cm³/mol. The molecule has 0 saturated heterocycles. The highest BCUT2D eigenvalue weighted by molar-refractivity contribution is 5.95. The second-order valence-corrected chi connectivity index (χ2v) is 6.23. The minimum absolute atomic E-state index is 0.128. The van der Waals surface area contributed by atoms with Crippen LogP contribution >= 0.6 is 0 Å². The first kappa shape index (κ1) is 18.4. The number of furan rings is 1. The molecule has 29 heavy (non-hydrogen) atoms. The molecule has 0 unspecified atom stereocenters. The Bertz CT molecular complexity index is 1170. The fourth-order valence-electron chi connectivity index (χ4n) is 3.14. The third-order valence-corrected chi connectivity index (χ3v) is 4.41. The Balaban J connectivity index is 1.82. The summed E-state index contributed by atoms with van der Waals surface area (Å²) in [6, 6.07) is 8.66. The van der Waals surface area contributed by atoms with Crippen LogP contribution < -0.4 is 16.2 Å². The van der Waals surface area contributed by atoms with Crippen LogP contribution in [0.25, 0.3) is 10.9 Å². The van der Waals surface area contributed by atoms with E-state index in [-0.39, 0.29) is 24.4 Å². The fourth-order valence-corrected chi connectivity index (χ4v) is 3.14. The summed E-state index contributed by atoms with van der Waals surface area (Å²) in [6.07, 6.45) is 1.44. The Labute approximate surface area is 164 Å². The Morgan fingerprint density at radius 1 is 1.24 bits per heavy atom. The summed E-state index contributed by atoms with van der Waals surface area (Å²) < 4.78 is 11.6. The molecule has 10 heteroatoms. The van der Waals surface area contributed by atoms with E-state index in [1.165, 1.54) is 6.26 Å². The van der Waals surface area contributed by atoms with Gasteiger partial charge in [0, 0.05) is 0 Å². The quantitative estimate of drug-likeness (QED) is 0.622. The number of ether oxygens (including phenoxy) is 1. The maximum Gasteiger partial charge on any atom is 0.338 e.